The minimum absolute atomic E-state index is 0.191. The lowest BCUT2D eigenvalue weighted by molar-refractivity contribution is -0.119. The molecule has 0 aliphatic heterocycles. The fourth-order valence-electron chi connectivity index (χ4n) is 3.61. The van der Waals surface area contributed by atoms with Gasteiger partial charge in [-0.2, -0.15) is 0 Å². The minimum atomic E-state index is -0.351. The van der Waals surface area contributed by atoms with Crippen molar-refractivity contribution in [2.24, 2.45) is 0 Å². The first-order valence-corrected chi connectivity index (χ1v) is 11.5. The van der Waals surface area contributed by atoms with E-state index in [2.05, 4.69) is 9.97 Å². The van der Waals surface area contributed by atoms with Crippen LogP contribution in [0, 0.1) is 5.82 Å². The lowest BCUT2D eigenvalue weighted by atomic mass is 10.2. The van der Waals surface area contributed by atoms with Crippen molar-refractivity contribution in [1.82, 2.24) is 14.5 Å². The summed E-state index contributed by atoms with van der Waals surface area (Å²) in [5.41, 5.74) is 2.72. The van der Waals surface area contributed by atoms with Crippen LogP contribution in [0.15, 0.2) is 95.4 Å². The van der Waals surface area contributed by atoms with Crippen LogP contribution in [0.25, 0.3) is 22.2 Å². The number of carbonyl (C=O) groups is 1. The second-order valence-electron chi connectivity index (χ2n) is 7.68. The Morgan fingerprint density at radius 3 is 2.50 bits per heavy atom. The van der Waals surface area contributed by atoms with Crippen molar-refractivity contribution in [3.05, 3.63) is 112 Å². The highest BCUT2D eigenvalue weighted by Crippen LogP contribution is 2.28. The zero-order chi connectivity index (χ0) is 23.5. The van der Waals surface area contributed by atoms with Gasteiger partial charge in [0.2, 0.25) is 5.91 Å². The lowest BCUT2D eigenvalue weighted by Gasteiger charge is -2.20. The van der Waals surface area contributed by atoms with E-state index >= 15 is 0 Å². The monoisotopic (exact) mass is 470 g/mol. The zero-order valence-corrected chi connectivity index (χ0v) is 18.8. The van der Waals surface area contributed by atoms with Crippen molar-refractivity contribution >= 4 is 33.3 Å². The van der Waals surface area contributed by atoms with E-state index < -0.39 is 0 Å². The van der Waals surface area contributed by atoms with E-state index in [1.807, 2.05) is 41.8 Å². The third-order valence-electron chi connectivity index (χ3n) is 5.38. The van der Waals surface area contributed by atoms with E-state index in [0.29, 0.717) is 16.0 Å². The SMILES string of the molecule is O=C(Cn1cnc2ccccc2c1=O)N(Cc1ccc(F)cc1)c1nc(-c2ccccc2)cs1. The number of amides is 1. The maximum absolute atomic E-state index is 13.4. The van der Waals surface area contributed by atoms with Crippen LogP contribution in [0.5, 0.6) is 0 Å². The van der Waals surface area contributed by atoms with E-state index in [4.69, 9.17) is 0 Å². The Balaban J connectivity index is 1.48. The van der Waals surface area contributed by atoms with E-state index in [1.54, 1.807) is 30.3 Å². The topological polar surface area (TPSA) is 68.1 Å². The Morgan fingerprint density at radius 2 is 1.71 bits per heavy atom. The lowest BCUT2D eigenvalue weighted by Crippen LogP contribution is -2.36. The first kappa shape index (κ1) is 21.7. The van der Waals surface area contributed by atoms with Gasteiger partial charge in [-0.05, 0) is 29.8 Å². The molecule has 0 atom stereocenters. The summed E-state index contributed by atoms with van der Waals surface area (Å²) in [6.07, 6.45) is 1.38. The Morgan fingerprint density at radius 1 is 0.971 bits per heavy atom. The number of hydrogen-bond acceptors (Lipinski definition) is 5. The van der Waals surface area contributed by atoms with Crippen LogP contribution in [0.2, 0.25) is 0 Å². The van der Waals surface area contributed by atoms with Gasteiger partial charge < -0.3 is 0 Å². The number of rotatable bonds is 6. The van der Waals surface area contributed by atoms with Crippen LogP contribution in [0.1, 0.15) is 5.56 Å². The summed E-state index contributed by atoms with van der Waals surface area (Å²) in [5.74, 6) is -0.673. The zero-order valence-electron chi connectivity index (χ0n) is 18.0. The van der Waals surface area contributed by atoms with Crippen molar-refractivity contribution in [1.29, 1.82) is 0 Å². The number of anilines is 1. The highest BCUT2D eigenvalue weighted by Gasteiger charge is 2.21. The smallest absolute Gasteiger partial charge is 0.261 e. The molecular weight excluding hydrogens is 451 g/mol. The molecule has 1 amide bonds. The molecule has 3 aromatic carbocycles. The molecule has 2 heterocycles. The number of benzene rings is 3. The van der Waals surface area contributed by atoms with Gasteiger partial charge in [-0.3, -0.25) is 19.1 Å². The molecule has 2 aromatic heterocycles. The average Bonchev–Trinajstić information content (AvgIpc) is 3.36. The molecule has 0 bridgehead atoms. The standard InChI is InChI=1S/C26H19FN4O2S/c27-20-12-10-18(11-13-20)14-31(26-29-23(16-34-26)19-6-2-1-3-7-19)24(32)15-30-17-28-22-9-5-4-8-21(22)25(30)33/h1-13,16-17H,14-15H2. The molecule has 0 fully saturated rings. The first-order valence-electron chi connectivity index (χ1n) is 10.6. The van der Waals surface area contributed by atoms with E-state index in [9.17, 15) is 14.0 Å². The number of nitrogens with zero attached hydrogens (tertiary/aromatic N) is 4. The highest BCUT2D eigenvalue weighted by atomic mass is 32.1. The van der Waals surface area contributed by atoms with E-state index in [1.165, 1.54) is 39.3 Å². The first-order chi connectivity index (χ1) is 16.6. The molecule has 34 heavy (non-hydrogen) atoms. The number of fused-ring (bicyclic) bond motifs is 1. The molecule has 0 N–H and O–H groups in total. The van der Waals surface area contributed by atoms with Gasteiger partial charge in [-0.15, -0.1) is 11.3 Å². The predicted octanol–water partition coefficient (Wildman–Crippen LogP) is 4.89. The number of hydrogen-bond donors (Lipinski definition) is 0. The van der Waals surface area contributed by atoms with Crippen LogP contribution in [0.4, 0.5) is 9.52 Å². The van der Waals surface area contributed by atoms with Gasteiger partial charge in [0.1, 0.15) is 12.4 Å². The molecule has 168 valence electrons. The fraction of sp³-hybridized carbons (Fsp3) is 0.0769. The molecular formula is C26H19FN4O2S. The Labute approximate surface area is 198 Å². The van der Waals surface area contributed by atoms with Crippen LogP contribution < -0.4 is 10.5 Å². The van der Waals surface area contributed by atoms with Crippen molar-refractivity contribution in [2.45, 2.75) is 13.1 Å². The molecule has 0 aliphatic rings. The van der Waals surface area contributed by atoms with Crippen molar-refractivity contribution in [3.8, 4) is 11.3 Å². The molecule has 0 unspecified atom stereocenters. The number of para-hydroxylation sites is 1. The fourth-order valence-corrected chi connectivity index (χ4v) is 4.46. The molecule has 6 nitrogen and oxygen atoms in total. The number of halogens is 1. The highest BCUT2D eigenvalue weighted by molar-refractivity contribution is 7.14. The summed E-state index contributed by atoms with van der Waals surface area (Å²) in [6, 6.07) is 22.7. The van der Waals surface area contributed by atoms with Gasteiger partial charge in [0.25, 0.3) is 5.56 Å². The summed E-state index contributed by atoms with van der Waals surface area (Å²) in [4.78, 5) is 36.9. The van der Waals surface area contributed by atoms with Crippen LogP contribution >= 0.6 is 11.3 Å². The summed E-state index contributed by atoms with van der Waals surface area (Å²) in [5, 5.41) is 2.83. The van der Waals surface area contributed by atoms with Crippen molar-refractivity contribution in [2.75, 3.05) is 4.90 Å². The number of carbonyl (C=O) groups excluding carboxylic acids is 1. The Hall–Kier alpha value is -4.17. The second-order valence-corrected chi connectivity index (χ2v) is 8.52. The second kappa shape index (κ2) is 9.36. The summed E-state index contributed by atoms with van der Waals surface area (Å²) >= 11 is 1.34. The molecule has 8 heteroatoms. The summed E-state index contributed by atoms with van der Waals surface area (Å²) in [7, 11) is 0. The maximum atomic E-state index is 13.4. The number of aromatic nitrogens is 3. The molecule has 0 spiro atoms. The average molecular weight is 471 g/mol. The van der Waals surface area contributed by atoms with Gasteiger partial charge in [0, 0.05) is 10.9 Å². The number of thiazole rings is 1. The van der Waals surface area contributed by atoms with Crippen molar-refractivity contribution < 1.29 is 9.18 Å². The summed E-state index contributed by atoms with van der Waals surface area (Å²) in [6.45, 7) is -0.00523. The predicted molar refractivity (Wildman–Crippen MR) is 131 cm³/mol. The third kappa shape index (κ3) is 4.49. The Bertz CT molecular complexity index is 1510. The van der Waals surface area contributed by atoms with Gasteiger partial charge >= 0.3 is 0 Å². The van der Waals surface area contributed by atoms with Crippen LogP contribution in [-0.2, 0) is 17.9 Å². The normalized spacial score (nSPS) is 11.0. The van der Waals surface area contributed by atoms with Gasteiger partial charge in [0.15, 0.2) is 5.13 Å². The van der Waals surface area contributed by atoms with Gasteiger partial charge in [-0.1, -0.05) is 54.6 Å². The molecule has 5 rings (SSSR count). The minimum Gasteiger partial charge on any atom is -0.289 e. The van der Waals surface area contributed by atoms with E-state index in [-0.39, 0.29) is 30.4 Å². The Kier molecular flexibility index (Phi) is 5.97. The molecule has 0 saturated carbocycles. The largest absolute Gasteiger partial charge is 0.289 e. The quantitative estimate of drug-likeness (QED) is 0.354. The van der Waals surface area contributed by atoms with Crippen molar-refractivity contribution in [3.63, 3.8) is 0 Å². The maximum Gasteiger partial charge on any atom is 0.261 e. The third-order valence-corrected chi connectivity index (χ3v) is 6.25. The molecule has 5 aromatic rings. The van der Waals surface area contributed by atoms with E-state index in [0.717, 1.165) is 16.8 Å². The van der Waals surface area contributed by atoms with Gasteiger partial charge in [-0.25, -0.2) is 14.4 Å². The van der Waals surface area contributed by atoms with Gasteiger partial charge in [0.05, 0.1) is 29.5 Å². The molecule has 0 saturated heterocycles. The molecule has 0 radical (unpaired) electrons. The summed E-state index contributed by atoms with van der Waals surface area (Å²) < 4.78 is 14.7. The molecule has 0 aliphatic carbocycles. The van der Waals surface area contributed by atoms with Crippen LogP contribution in [-0.4, -0.2) is 20.4 Å². The van der Waals surface area contributed by atoms with Crippen LogP contribution in [0.3, 0.4) is 0 Å².